The molecule has 126 valence electrons. The van der Waals surface area contributed by atoms with Crippen LogP contribution in [-0.2, 0) is 4.74 Å². The first-order valence-corrected chi connectivity index (χ1v) is 8.05. The summed E-state index contributed by atoms with van der Waals surface area (Å²) in [5.41, 5.74) is 5.83. The number of halogens is 1. The number of nitrogens with zero attached hydrogens (tertiary/aromatic N) is 2. The van der Waals surface area contributed by atoms with Crippen molar-refractivity contribution in [2.45, 2.75) is 51.5 Å². The molecular formula is C15H33IN4O. The number of nitrogens with one attached hydrogen (secondary N) is 1. The van der Waals surface area contributed by atoms with E-state index < -0.39 is 0 Å². The monoisotopic (exact) mass is 412 g/mol. The smallest absolute Gasteiger partial charge is 0.188 e. The number of likely N-dealkylation sites (N-methyl/N-ethyl adjacent to an activating group) is 1. The topological polar surface area (TPSA) is 62.9 Å². The van der Waals surface area contributed by atoms with Gasteiger partial charge in [-0.1, -0.05) is 19.3 Å². The predicted molar refractivity (Wildman–Crippen MR) is 101 cm³/mol. The fourth-order valence-corrected chi connectivity index (χ4v) is 2.63. The Hall–Kier alpha value is -0.0800. The maximum atomic E-state index is 5.83. The quantitative estimate of drug-likeness (QED) is 0.264. The second-order valence-electron chi connectivity index (χ2n) is 5.52. The first kappa shape index (κ1) is 20.9. The Bertz CT molecular complexity index is 270. The third-order valence-corrected chi connectivity index (χ3v) is 3.90. The average molecular weight is 412 g/mol. The van der Waals surface area contributed by atoms with Gasteiger partial charge in [0.05, 0.1) is 0 Å². The molecule has 6 heteroatoms. The molecule has 0 heterocycles. The summed E-state index contributed by atoms with van der Waals surface area (Å²) in [7, 11) is 2.22. The van der Waals surface area contributed by atoms with Crippen LogP contribution in [0.2, 0.25) is 0 Å². The molecule has 1 aliphatic carbocycles. The average Bonchev–Trinajstić information content (AvgIpc) is 2.48. The van der Waals surface area contributed by atoms with Crippen molar-refractivity contribution in [1.29, 1.82) is 0 Å². The number of guanidine groups is 1. The Morgan fingerprint density at radius 3 is 2.71 bits per heavy atom. The van der Waals surface area contributed by atoms with E-state index in [1.807, 2.05) is 6.92 Å². The van der Waals surface area contributed by atoms with E-state index in [4.69, 9.17) is 10.5 Å². The highest BCUT2D eigenvalue weighted by molar-refractivity contribution is 14.0. The van der Waals surface area contributed by atoms with Gasteiger partial charge in [0.25, 0.3) is 0 Å². The van der Waals surface area contributed by atoms with Crippen LogP contribution in [0.3, 0.4) is 0 Å². The molecule has 3 N–H and O–H groups in total. The van der Waals surface area contributed by atoms with Gasteiger partial charge in [-0.3, -0.25) is 4.99 Å². The molecule has 0 aliphatic heterocycles. The van der Waals surface area contributed by atoms with Crippen molar-refractivity contribution in [2.75, 3.05) is 39.9 Å². The second kappa shape index (κ2) is 13.6. The predicted octanol–water partition coefficient (Wildman–Crippen LogP) is 2.20. The lowest BCUT2D eigenvalue weighted by molar-refractivity contribution is 0.146. The van der Waals surface area contributed by atoms with Crippen molar-refractivity contribution in [3.05, 3.63) is 0 Å². The minimum atomic E-state index is 0. The summed E-state index contributed by atoms with van der Waals surface area (Å²) in [4.78, 5) is 6.74. The first-order chi connectivity index (χ1) is 9.74. The molecule has 5 nitrogen and oxygen atoms in total. The maximum absolute atomic E-state index is 5.83. The van der Waals surface area contributed by atoms with Gasteiger partial charge in [0.15, 0.2) is 5.96 Å². The third kappa shape index (κ3) is 10.3. The standard InChI is InChI=1S/C15H32N4O.HI/c1-3-20-13-7-10-17-15(16)18-11-12-19(2)14-8-5-4-6-9-14;/h14H,3-13H2,1-2H3,(H3,16,17,18);1H. The van der Waals surface area contributed by atoms with Crippen LogP contribution in [0.1, 0.15) is 45.4 Å². The lowest BCUT2D eigenvalue weighted by atomic mass is 9.94. The van der Waals surface area contributed by atoms with E-state index in [0.717, 1.165) is 45.3 Å². The fourth-order valence-electron chi connectivity index (χ4n) is 2.63. The van der Waals surface area contributed by atoms with E-state index in [1.165, 1.54) is 32.1 Å². The second-order valence-corrected chi connectivity index (χ2v) is 5.52. The summed E-state index contributed by atoms with van der Waals surface area (Å²) in [5.74, 6) is 0.554. The highest BCUT2D eigenvalue weighted by Crippen LogP contribution is 2.21. The molecule has 0 bridgehead atoms. The van der Waals surface area contributed by atoms with E-state index in [0.29, 0.717) is 5.96 Å². The molecule has 0 aromatic heterocycles. The Morgan fingerprint density at radius 2 is 2.05 bits per heavy atom. The Morgan fingerprint density at radius 1 is 1.33 bits per heavy atom. The minimum Gasteiger partial charge on any atom is -0.382 e. The largest absolute Gasteiger partial charge is 0.382 e. The number of nitrogens with two attached hydrogens (primary N) is 1. The highest BCUT2D eigenvalue weighted by Gasteiger charge is 2.17. The lowest BCUT2D eigenvalue weighted by Crippen LogP contribution is -2.41. The molecule has 0 saturated heterocycles. The molecule has 1 saturated carbocycles. The van der Waals surface area contributed by atoms with E-state index in [2.05, 4.69) is 22.3 Å². The van der Waals surface area contributed by atoms with Crippen molar-refractivity contribution in [2.24, 2.45) is 10.7 Å². The molecule has 0 amide bonds. The van der Waals surface area contributed by atoms with Crippen LogP contribution in [0.5, 0.6) is 0 Å². The van der Waals surface area contributed by atoms with Crippen LogP contribution >= 0.6 is 24.0 Å². The zero-order valence-electron chi connectivity index (χ0n) is 13.6. The van der Waals surface area contributed by atoms with Gasteiger partial charge < -0.3 is 20.7 Å². The fraction of sp³-hybridized carbons (Fsp3) is 0.933. The Kier molecular flexibility index (Phi) is 13.5. The van der Waals surface area contributed by atoms with Crippen molar-refractivity contribution >= 4 is 29.9 Å². The first-order valence-electron chi connectivity index (χ1n) is 8.05. The summed E-state index contributed by atoms with van der Waals surface area (Å²) in [6.07, 6.45) is 7.79. The molecule has 0 aromatic carbocycles. The molecule has 1 rings (SSSR count). The molecule has 0 unspecified atom stereocenters. The van der Waals surface area contributed by atoms with E-state index >= 15 is 0 Å². The van der Waals surface area contributed by atoms with Gasteiger partial charge in [0.1, 0.15) is 0 Å². The Labute approximate surface area is 147 Å². The van der Waals surface area contributed by atoms with Crippen molar-refractivity contribution in [1.82, 2.24) is 10.2 Å². The maximum Gasteiger partial charge on any atom is 0.188 e. The third-order valence-electron chi connectivity index (χ3n) is 3.90. The van der Waals surface area contributed by atoms with Crippen LogP contribution in [0.15, 0.2) is 4.99 Å². The number of hydrogen-bond donors (Lipinski definition) is 2. The normalized spacial score (nSPS) is 16.8. The van der Waals surface area contributed by atoms with E-state index in [9.17, 15) is 0 Å². The van der Waals surface area contributed by atoms with Gasteiger partial charge in [0, 0.05) is 38.9 Å². The lowest BCUT2D eigenvalue weighted by Gasteiger charge is -2.31. The van der Waals surface area contributed by atoms with E-state index in [-0.39, 0.29) is 24.0 Å². The molecule has 21 heavy (non-hydrogen) atoms. The number of hydrogen-bond acceptors (Lipinski definition) is 3. The summed E-state index contributed by atoms with van der Waals surface area (Å²) < 4.78 is 5.26. The number of aliphatic imine (C=N–C) groups is 1. The van der Waals surface area contributed by atoms with Crippen LogP contribution in [0.4, 0.5) is 0 Å². The molecule has 0 radical (unpaired) electrons. The van der Waals surface area contributed by atoms with Crippen LogP contribution in [0, 0.1) is 0 Å². The van der Waals surface area contributed by atoms with Gasteiger partial charge in [-0.15, -0.1) is 24.0 Å². The molecular weight excluding hydrogens is 379 g/mol. The van der Waals surface area contributed by atoms with Crippen LogP contribution in [0.25, 0.3) is 0 Å². The van der Waals surface area contributed by atoms with Gasteiger partial charge in [-0.05, 0) is 33.2 Å². The Balaban J connectivity index is 0.00000400. The zero-order chi connectivity index (χ0) is 14.6. The van der Waals surface area contributed by atoms with Gasteiger partial charge in [-0.2, -0.15) is 0 Å². The zero-order valence-corrected chi connectivity index (χ0v) is 16.0. The van der Waals surface area contributed by atoms with Gasteiger partial charge in [-0.25, -0.2) is 0 Å². The van der Waals surface area contributed by atoms with E-state index in [1.54, 1.807) is 0 Å². The summed E-state index contributed by atoms with van der Waals surface area (Å²) in [6, 6.07) is 0.759. The number of ether oxygens (including phenoxy) is 1. The molecule has 0 spiro atoms. The van der Waals surface area contributed by atoms with Crippen molar-refractivity contribution in [3.63, 3.8) is 0 Å². The van der Waals surface area contributed by atoms with Crippen LogP contribution in [-0.4, -0.2) is 56.8 Å². The number of rotatable bonds is 9. The molecule has 1 fully saturated rings. The highest BCUT2D eigenvalue weighted by atomic mass is 127. The summed E-state index contributed by atoms with van der Waals surface area (Å²) in [5, 5.41) is 3.19. The molecule has 1 aliphatic rings. The van der Waals surface area contributed by atoms with Gasteiger partial charge >= 0.3 is 0 Å². The van der Waals surface area contributed by atoms with Crippen molar-refractivity contribution in [3.8, 4) is 0 Å². The van der Waals surface area contributed by atoms with Gasteiger partial charge in [0.2, 0.25) is 0 Å². The summed E-state index contributed by atoms with van der Waals surface area (Å²) in [6.45, 7) is 6.16. The minimum absolute atomic E-state index is 0. The SMILES string of the molecule is CCOCCCN=C(N)NCCN(C)C1CCCCC1.I. The molecule has 0 atom stereocenters. The van der Waals surface area contributed by atoms with Crippen molar-refractivity contribution < 1.29 is 4.74 Å². The molecule has 0 aromatic rings. The summed E-state index contributed by atoms with van der Waals surface area (Å²) >= 11 is 0. The van der Waals surface area contributed by atoms with Crippen LogP contribution < -0.4 is 11.1 Å².